The summed E-state index contributed by atoms with van der Waals surface area (Å²) < 4.78 is 0. The highest BCUT2D eigenvalue weighted by atomic mass is 14.8. The van der Waals surface area contributed by atoms with Crippen molar-refractivity contribution in [2.24, 2.45) is 22.0 Å². The smallest absolute Gasteiger partial charge is 0.0211 e. The van der Waals surface area contributed by atoms with E-state index in [0.717, 1.165) is 12.8 Å². The van der Waals surface area contributed by atoms with Crippen LogP contribution in [0.3, 0.4) is 0 Å². The van der Waals surface area contributed by atoms with Crippen molar-refractivity contribution in [2.75, 3.05) is 0 Å². The summed E-state index contributed by atoms with van der Waals surface area (Å²) in [5.74, 6) is 0. The first-order chi connectivity index (χ1) is 11.8. The largest absolute Gasteiger partial charge is 0.325 e. The second-order valence-corrected chi connectivity index (χ2v) is 8.53. The van der Waals surface area contributed by atoms with Gasteiger partial charge in [-0.3, -0.25) is 0 Å². The maximum Gasteiger partial charge on any atom is 0.0211 e. The number of nitrogens with two attached hydrogens (primary N) is 1. The maximum absolute atomic E-state index is 7.27. The normalized spacial score (nSPS) is 14.2. The first-order valence-electron chi connectivity index (χ1n) is 11.6. The van der Waals surface area contributed by atoms with Gasteiger partial charge in [-0.05, 0) is 74.0 Å². The maximum atomic E-state index is 7.27. The van der Waals surface area contributed by atoms with Gasteiger partial charge in [-0.15, -0.1) is 0 Å². The summed E-state index contributed by atoms with van der Waals surface area (Å²) >= 11 is 0. The number of rotatable bonds is 14. The molecule has 0 heterocycles. The molecule has 0 radical (unpaired) electrons. The van der Waals surface area contributed by atoms with E-state index in [1.165, 1.54) is 57.8 Å². The van der Waals surface area contributed by atoms with Gasteiger partial charge in [0.2, 0.25) is 0 Å². The second-order valence-electron chi connectivity index (χ2n) is 8.53. The lowest BCUT2D eigenvalue weighted by Gasteiger charge is -2.66. The lowest BCUT2D eigenvalue weighted by molar-refractivity contribution is -0.155. The molecule has 0 atom stereocenters. The van der Waals surface area contributed by atoms with Crippen LogP contribution >= 0.6 is 0 Å². The van der Waals surface area contributed by atoms with Gasteiger partial charge in [0, 0.05) is 5.54 Å². The van der Waals surface area contributed by atoms with Crippen LogP contribution in [-0.2, 0) is 0 Å². The molecule has 1 nitrogen and oxygen atoms in total. The van der Waals surface area contributed by atoms with Crippen molar-refractivity contribution in [1.82, 2.24) is 0 Å². The molecule has 0 rings (SSSR count). The van der Waals surface area contributed by atoms with Crippen LogP contribution in [0.2, 0.25) is 0 Å². The van der Waals surface area contributed by atoms with Gasteiger partial charge >= 0.3 is 0 Å². The van der Waals surface area contributed by atoms with Gasteiger partial charge in [0.25, 0.3) is 0 Å². The summed E-state index contributed by atoms with van der Waals surface area (Å²) in [6.07, 6.45) is 13.7. The van der Waals surface area contributed by atoms with E-state index in [1.807, 2.05) is 0 Å². The minimum absolute atomic E-state index is 0.0652. The molecular weight excluding hydrogens is 302 g/mol. The van der Waals surface area contributed by atoms with E-state index in [2.05, 4.69) is 62.3 Å². The molecule has 0 aromatic heterocycles. The standard InChI is InChI=1S/C24H51N/c1-10-19-20-21(11-2,12-3)22(13-4,14-5)23(15-6,16-7)24(25,17-8)18-9/h10-20,25H2,1-9H3. The zero-order chi connectivity index (χ0) is 19.8. The van der Waals surface area contributed by atoms with Gasteiger partial charge in [0.1, 0.15) is 0 Å². The van der Waals surface area contributed by atoms with Gasteiger partial charge in [-0.1, -0.05) is 75.2 Å². The number of hydrogen-bond donors (Lipinski definition) is 1. The van der Waals surface area contributed by atoms with Crippen molar-refractivity contribution in [1.29, 1.82) is 0 Å². The predicted octanol–water partition coefficient (Wildman–Crippen LogP) is 8.11. The van der Waals surface area contributed by atoms with E-state index < -0.39 is 0 Å². The molecule has 0 saturated carbocycles. The summed E-state index contributed by atoms with van der Waals surface area (Å²) in [5.41, 5.74) is 8.15. The molecule has 0 aliphatic heterocycles. The molecule has 2 N–H and O–H groups in total. The number of hydrogen-bond acceptors (Lipinski definition) is 1. The van der Waals surface area contributed by atoms with Crippen molar-refractivity contribution in [3.05, 3.63) is 0 Å². The molecule has 0 aliphatic rings. The third-order valence-electron chi connectivity index (χ3n) is 8.92. The highest BCUT2D eigenvalue weighted by Crippen LogP contribution is 2.67. The van der Waals surface area contributed by atoms with Crippen molar-refractivity contribution in [3.8, 4) is 0 Å². The lowest BCUT2D eigenvalue weighted by atomic mass is 9.39. The van der Waals surface area contributed by atoms with Crippen LogP contribution < -0.4 is 5.73 Å². The van der Waals surface area contributed by atoms with Crippen LogP contribution in [-0.4, -0.2) is 5.54 Å². The van der Waals surface area contributed by atoms with Crippen LogP contribution in [0.15, 0.2) is 0 Å². The molecule has 0 fully saturated rings. The molecule has 0 aromatic rings. The fourth-order valence-electron chi connectivity index (χ4n) is 7.25. The first-order valence-corrected chi connectivity index (χ1v) is 11.6. The van der Waals surface area contributed by atoms with Gasteiger partial charge < -0.3 is 5.73 Å². The fourth-order valence-corrected chi connectivity index (χ4v) is 7.25. The van der Waals surface area contributed by atoms with Crippen LogP contribution in [0, 0.1) is 16.2 Å². The quantitative estimate of drug-likeness (QED) is 0.335. The summed E-state index contributed by atoms with van der Waals surface area (Å²) in [6.45, 7) is 21.7. The Morgan fingerprint density at radius 2 is 0.920 bits per heavy atom. The molecule has 0 aliphatic carbocycles. The van der Waals surface area contributed by atoms with E-state index in [1.54, 1.807) is 0 Å². The van der Waals surface area contributed by atoms with Crippen molar-refractivity contribution >= 4 is 0 Å². The van der Waals surface area contributed by atoms with Gasteiger partial charge in [-0.25, -0.2) is 0 Å². The molecule has 0 aromatic carbocycles. The van der Waals surface area contributed by atoms with E-state index in [0.29, 0.717) is 10.8 Å². The molecule has 1 heteroatoms. The number of unbranched alkanes of at least 4 members (excludes halogenated alkanes) is 1. The summed E-state index contributed by atoms with van der Waals surface area (Å²) in [7, 11) is 0. The zero-order valence-corrected chi connectivity index (χ0v) is 19.4. The third-order valence-corrected chi connectivity index (χ3v) is 8.92. The van der Waals surface area contributed by atoms with Crippen molar-refractivity contribution in [3.63, 3.8) is 0 Å². The topological polar surface area (TPSA) is 26.0 Å². The van der Waals surface area contributed by atoms with E-state index in [9.17, 15) is 0 Å². The monoisotopic (exact) mass is 353 g/mol. The molecule has 0 unspecified atom stereocenters. The first kappa shape index (κ1) is 25.0. The average molecular weight is 354 g/mol. The Bertz CT molecular complexity index is 341. The van der Waals surface area contributed by atoms with E-state index >= 15 is 0 Å². The van der Waals surface area contributed by atoms with Crippen LogP contribution in [0.1, 0.15) is 133 Å². The summed E-state index contributed by atoms with van der Waals surface area (Å²) in [5, 5.41) is 0. The summed E-state index contributed by atoms with van der Waals surface area (Å²) in [6, 6.07) is 0. The summed E-state index contributed by atoms with van der Waals surface area (Å²) in [4.78, 5) is 0. The Hall–Kier alpha value is -0.0400. The minimum atomic E-state index is -0.0652. The van der Waals surface area contributed by atoms with Crippen LogP contribution in [0.5, 0.6) is 0 Å². The highest BCUT2D eigenvalue weighted by molar-refractivity contribution is 5.14. The van der Waals surface area contributed by atoms with E-state index in [4.69, 9.17) is 5.73 Å². The van der Waals surface area contributed by atoms with Crippen molar-refractivity contribution < 1.29 is 0 Å². The lowest BCUT2D eigenvalue weighted by Crippen LogP contribution is -2.66. The average Bonchev–Trinajstić information content (AvgIpc) is 2.67. The van der Waals surface area contributed by atoms with E-state index in [-0.39, 0.29) is 11.0 Å². The Morgan fingerprint density at radius 3 is 1.16 bits per heavy atom. The zero-order valence-electron chi connectivity index (χ0n) is 19.4. The SMILES string of the molecule is CCCCC(CC)(CC)C(CC)(CC)C(CC)(CC)C(N)(CC)CC. The minimum Gasteiger partial charge on any atom is -0.325 e. The van der Waals surface area contributed by atoms with Gasteiger partial charge in [-0.2, -0.15) is 0 Å². The molecule has 0 amide bonds. The second kappa shape index (κ2) is 10.3. The molecule has 0 saturated heterocycles. The van der Waals surface area contributed by atoms with Gasteiger partial charge in [0.15, 0.2) is 0 Å². The molecule has 152 valence electrons. The molecule has 0 bridgehead atoms. The predicted molar refractivity (Wildman–Crippen MR) is 116 cm³/mol. The molecule has 0 spiro atoms. The van der Waals surface area contributed by atoms with Crippen LogP contribution in [0.4, 0.5) is 0 Å². The van der Waals surface area contributed by atoms with Crippen LogP contribution in [0.25, 0.3) is 0 Å². The Labute approximate surface area is 160 Å². The third kappa shape index (κ3) is 3.69. The Balaban J connectivity index is 6.77. The highest BCUT2D eigenvalue weighted by Gasteiger charge is 2.62. The Morgan fingerprint density at radius 1 is 0.520 bits per heavy atom. The molecular formula is C24H51N. The fraction of sp³-hybridized carbons (Fsp3) is 1.00. The Kier molecular flexibility index (Phi) is 10.3. The van der Waals surface area contributed by atoms with Crippen molar-refractivity contribution in [2.45, 2.75) is 138 Å². The van der Waals surface area contributed by atoms with Gasteiger partial charge in [0.05, 0.1) is 0 Å². The molecule has 25 heavy (non-hydrogen) atoms.